The number of methoxy groups -OCH3 is 6. The number of carbonyl (C=O) groups excluding carboxylic acids is 3. The summed E-state index contributed by atoms with van der Waals surface area (Å²) in [6.07, 6.45) is -32.5. The van der Waals surface area contributed by atoms with Crippen molar-refractivity contribution in [2.24, 2.45) is 35.5 Å². The Morgan fingerprint density at radius 1 is 0.355 bits per heavy atom. The largest absolute Gasteiger partial charge is 0.502 e. The van der Waals surface area contributed by atoms with Crippen LogP contribution >= 0.6 is 34.0 Å². The smallest absolute Gasteiger partial charge is 0.310 e. The summed E-state index contributed by atoms with van der Waals surface area (Å²) < 4.78 is 296. The van der Waals surface area contributed by atoms with Crippen LogP contribution in [0.2, 0.25) is 0 Å². The number of fused-ring (bicyclic) bond motifs is 12. The van der Waals surface area contributed by atoms with E-state index in [1.807, 2.05) is 0 Å². The number of esters is 3. The Bertz CT molecular complexity index is 6770. The van der Waals surface area contributed by atoms with Crippen molar-refractivity contribution in [2.75, 3.05) is 102 Å². The second-order valence-corrected chi connectivity index (χ2v) is 36.7. The molecule has 0 unspecified atom stereocenters. The lowest BCUT2D eigenvalue weighted by atomic mass is 9.66. The van der Waals surface area contributed by atoms with Gasteiger partial charge in [-0.25, -0.2) is 0 Å². The van der Waals surface area contributed by atoms with Crippen LogP contribution < -0.4 is 56.8 Å². The maximum absolute atomic E-state index is 13.8. The maximum Gasteiger partial charge on any atom is 0.310 e. The van der Waals surface area contributed by atoms with E-state index in [9.17, 15) is 61.7 Å². The fourth-order valence-corrected chi connectivity index (χ4v) is 22.0. The van der Waals surface area contributed by atoms with Gasteiger partial charge in [-0.05, 0) is 157 Å². The topological polar surface area (TPSA) is 482 Å². The minimum atomic E-state index is -3.09. The number of hydrogen-bond donors (Lipinski definition) is 9. The molecular formula is C96H96O39S3. The molecule has 3 aromatic heterocycles. The molecule has 138 heavy (non-hydrogen) atoms. The molecule has 42 heteroatoms. The van der Waals surface area contributed by atoms with Gasteiger partial charge in [-0.2, -0.15) is 0 Å². The highest BCUT2D eigenvalue weighted by molar-refractivity contribution is 7.10. The molecule has 9 saturated heterocycles. The van der Waals surface area contributed by atoms with E-state index in [1.54, 1.807) is 76.8 Å². The van der Waals surface area contributed by atoms with Gasteiger partial charge in [0.1, 0.15) is 73.2 Å². The van der Waals surface area contributed by atoms with Crippen LogP contribution in [0.4, 0.5) is 0 Å². The lowest BCUT2D eigenvalue weighted by molar-refractivity contribution is -0.368. The van der Waals surface area contributed by atoms with E-state index in [4.69, 9.17) is 150 Å². The Morgan fingerprint density at radius 2 is 0.667 bits per heavy atom. The van der Waals surface area contributed by atoms with Gasteiger partial charge in [0.25, 0.3) is 0 Å². The zero-order chi connectivity index (χ0) is 110. The van der Waals surface area contributed by atoms with E-state index in [-0.39, 0.29) is 107 Å². The van der Waals surface area contributed by atoms with Gasteiger partial charge in [-0.3, -0.25) is 14.4 Å². The molecule has 12 aliphatic heterocycles. The number of ether oxygens (including phenoxy) is 27. The molecule has 732 valence electrons. The number of carbonyl (C=O) groups is 3. The first kappa shape index (κ1) is 74.2. The molecule has 30 atom stereocenters. The molecule has 0 saturated carbocycles. The first-order chi connectivity index (χ1) is 73.4. The zero-order valence-electron chi connectivity index (χ0n) is 89.2. The number of benzene rings is 6. The average Bonchev–Trinajstić information content (AvgIpc) is 1.56. The summed E-state index contributed by atoms with van der Waals surface area (Å²) in [6, 6.07) is 27.4. The summed E-state index contributed by atoms with van der Waals surface area (Å²) in [5.74, 6) is -16.0. The normalized spacial score (nSPS) is 38.7. The molecule has 9 N–H and O–H groups in total. The number of aliphatic hydroxyl groups excluding tert-OH is 6. The molecular weight excluding hydrogens is 1870 g/mol. The van der Waals surface area contributed by atoms with E-state index >= 15 is 0 Å². The highest BCUT2D eigenvalue weighted by Crippen LogP contribution is 2.63. The molecule has 24 rings (SSSR count). The van der Waals surface area contributed by atoms with E-state index in [2.05, 4.69) is 0 Å². The van der Waals surface area contributed by atoms with Crippen LogP contribution in [0.3, 0.4) is 0 Å². The number of phenols is 3. The summed E-state index contributed by atoms with van der Waals surface area (Å²) in [4.78, 5) is 42.7. The third-order valence-corrected chi connectivity index (χ3v) is 29.2. The molecule has 6 aromatic carbocycles. The van der Waals surface area contributed by atoms with Crippen molar-refractivity contribution < 1.29 is 212 Å². The molecule has 15 heterocycles. The second-order valence-electron chi connectivity index (χ2n) is 33.8. The summed E-state index contributed by atoms with van der Waals surface area (Å²) in [6.45, 7) is -13.7. The molecule has 3 aliphatic carbocycles. The fourth-order valence-electron chi connectivity index (χ4n) is 20.0. The Hall–Kier alpha value is -10.9. The molecule has 39 nitrogen and oxygen atoms in total. The first-order valence-corrected chi connectivity index (χ1v) is 45.7. The fraction of sp³-hybridized carbons (Fsp3) is 0.469. The maximum atomic E-state index is 13.8. The Balaban J connectivity index is 0.000000130. The van der Waals surface area contributed by atoms with Crippen LogP contribution in [0.15, 0.2) is 125 Å². The van der Waals surface area contributed by atoms with Gasteiger partial charge >= 0.3 is 17.9 Å². The predicted molar refractivity (Wildman–Crippen MR) is 468 cm³/mol. The van der Waals surface area contributed by atoms with E-state index in [0.717, 1.165) is 12.1 Å². The summed E-state index contributed by atoms with van der Waals surface area (Å²) >= 11 is 3.76. The first-order valence-electron chi connectivity index (χ1n) is 51.6. The lowest BCUT2D eigenvalue weighted by Crippen LogP contribution is -2.62. The van der Waals surface area contributed by atoms with Gasteiger partial charge in [-0.1, -0.05) is 18.2 Å². The van der Waals surface area contributed by atoms with Gasteiger partial charge in [0.15, 0.2) is 107 Å². The van der Waals surface area contributed by atoms with Crippen LogP contribution in [-0.2, 0) is 85.4 Å². The van der Waals surface area contributed by atoms with Gasteiger partial charge < -0.3 is 174 Å². The number of aromatic hydroxyl groups is 3. The molecule has 9 fully saturated rings. The van der Waals surface area contributed by atoms with Gasteiger partial charge in [0, 0.05) is 36.9 Å². The molecule has 0 amide bonds. The summed E-state index contributed by atoms with van der Waals surface area (Å²) in [5.41, 5.74) is 2.21. The molecule has 15 aliphatic rings. The molecule has 0 bridgehead atoms. The van der Waals surface area contributed by atoms with E-state index < -0.39 is 265 Å². The number of hydrogen-bond acceptors (Lipinski definition) is 42. The van der Waals surface area contributed by atoms with Gasteiger partial charge in [-0.15, -0.1) is 34.0 Å². The number of cyclic esters (lactones) is 3. The number of phenolic OH excluding ortho intramolecular Hbond substituents is 3. The van der Waals surface area contributed by atoms with Gasteiger partial charge in [0.2, 0.25) is 37.6 Å². The summed E-state index contributed by atoms with van der Waals surface area (Å²) in [5, 5.41) is 105. The predicted octanol–water partition coefficient (Wildman–Crippen LogP) is 8.26. The summed E-state index contributed by atoms with van der Waals surface area (Å²) in [7, 11) is -0.894. The van der Waals surface area contributed by atoms with Crippen molar-refractivity contribution in [1.82, 2.24) is 0 Å². The van der Waals surface area contributed by atoms with Crippen molar-refractivity contribution in [3.05, 3.63) is 190 Å². The minimum absolute atomic E-state index is 0.0423. The zero-order valence-corrected chi connectivity index (χ0v) is 74.6. The monoisotopic (exact) mass is 1990 g/mol. The Kier molecular flexibility index (Phi) is 20.2. The Labute approximate surface area is 821 Å². The van der Waals surface area contributed by atoms with Crippen molar-refractivity contribution in [2.45, 2.75) is 147 Å². The van der Waals surface area contributed by atoms with E-state index in [0.29, 0.717) is 53.9 Å². The van der Waals surface area contributed by atoms with E-state index in [1.165, 1.54) is 98.8 Å². The average molecular weight is 1990 g/mol. The number of aliphatic hydroxyl groups is 6. The van der Waals surface area contributed by atoms with Crippen LogP contribution in [0, 0.1) is 35.5 Å². The molecule has 0 radical (unpaired) electrons. The third-order valence-electron chi connectivity index (χ3n) is 26.5. The van der Waals surface area contributed by atoms with Crippen LogP contribution in [0.5, 0.6) is 86.2 Å². The number of thiophene rings is 3. The van der Waals surface area contributed by atoms with Crippen LogP contribution in [0.1, 0.15) is 143 Å². The minimum Gasteiger partial charge on any atom is -0.502 e. The molecule has 0 spiro atoms. The standard InChI is InChI=1S/3C32H32O13S/c3*1-37-19-6-13(7-20(38-2)25(19)33)23-14-8-17-18(42-12-41-17)9-15(14)28(16-10-39-30(36)24(16)23)44-32-27(35)26(34)29-21(43-32)11-40-31(45-29)22-4-3-5-46-22/h3*3-9,16,21,23-24,26-29,31-35H,10-12H2,1-2H3/t3*16-,21+,23+,24-,26+,27+,28+,29+,31+,32-/m000/s1/i10D2,11D2,23D;1D3,2D3,11D2;10D2,11D2. The lowest BCUT2D eigenvalue weighted by Gasteiger charge is -2.48. The number of rotatable bonds is 18. The second kappa shape index (κ2) is 37.6. The third kappa shape index (κ3) is 16.1. The quantitative estimate of drug-likeness (QED) is 0.0288. The van der Waals surface area contributed by atoms with Crippen molar-refractivity contribution in [1.29, 1.82) is 0 Å². The SMILES string of the molecule is [2H]C([2H])([2H])Oc1cc([C@@H]2c3cc4c(cc3[C@@H](O[C@@H]3O[C@H]5[C@@H](O[C@H](c6cccs6)OC5([2H])[2H])[C@H](O)[C@H]3O)[C@H]3COC(=O)[C@H]23)OCO4)cc(OC([2H])([2H])[2H])c1O.[2H]C1([2H])OC(=O)[C@@H]2[C@H](c3cc(OC)c(O)c(OC)c3)c3cc4c(cc3[C@@H](O[C@@H]3O[C@H]5[C@@H](O[C@H](c6cccs6)OC5([2H])[2H])[C@H](O)[C@H]3O)[C@H]21)OCO4.[2H]C1([2H])OC(=O)[C@H]2[C@H]1[C@H](O[C@@H]1O[C@H]3[C@@H](O[C@H](c4cccs4)OC3([2H])[2H])[C@H](O)[C@H]1O)c1cc3c(cc1[C@@]2([2H])c1cc(OC)c(O)c(OC)c1)OCO3. The molecule has 9 aromatic rings. The van der Waals surface area contributed by atoms with Crippen LogP contribution in [0.25, 0.3) is 0 Å². The van der Waals surface area contributed by atoms with Crippen molar-refractivity contribution >= 4 is 51.9 Å². The van der Waals surface area contributed by atoms with Crippen molar-refractivity contribution in [3.63, 3.8) is 0 Å². The van der Waals surface area contributed by atoms with Gasteiger partial charge in [0.05, 0.1) is 155 Å². The highest BCUT2D eigenvalue weighted by Gasteiger charge is 2.62. The van der Waals surface area contributed by atoms with Crippen molar-refractivity contribution in [3.8, 4) is 86.2 Å². The highest BCUT2D eigenvalue weighted by atomic mass is 32.1. The van der Waals surface area contributed by atoms with Crippen LogP contribution in [-0.4, -0.2) is 258 Å². The Morgan fingerprint density at radius 3 is 1.02 bits per heavy atom.